The Hall–Kier alpha value is -2.30. The van der Waals surface area contributed by atoms with Crippen LogP contribution in [0.5, 0.6) is 5.75 Å². The molecule has 0 saturated carbocycles. The molecule has 5 nitrogen and oxygen atoms in total. The van der Waals surface area contributed by atoms with Crippen LogP contribution in [0.25, 0.3) is 0 Å². The standard InChI is InChI=1S/C19H25NO4/c1-4-13(2)24-19(22)17-8-6-5-7-16(17)18(21)20-14-9-11-15(23-3)12-10-14/h5-6,9-13,16-17H,4,7-8H2,1-3H3,(H,20,21)/t13-,16+,17+/m0/s1. The van der Waals surface area contributed by atoms with E-state index in [2.05, 4.69) is 5.32 Å². The van der Waals surface area contributed by atoms with Gasteiger partial charge in [-0.05, 0) is 50.5 Å². The van der Waals surface area contributed by atoms with E-state index in [0.717, 1.165) is 12.2 Å². The Labute approximate surface area is 143 Å². The van der Waals surface area contributed by atoms with Crippen LogP contribution in [0, 0.1) is 11.8 Å². The molecule has 0 saturated heterocycles. The Morgan fingerprint density at radius 3 is 2.38 bits per heavy atom. The summed E-state index contributed by atoms with van der Waals surface area (Å²) in [4.78, 5) is 25.0. The van der Waals surface area contributed by atoms with Gasteiger partial charge in [0, 0.05) is 5.69 Å². The van der Waals surface area contributed by atoms with Crippen LogP contribution in [-0.4, -0.2) is 25.1 Å². The van der Waals surface area contributed by atoms with Crippen LogP contribution >= 0.6 is 0 Å². The molecule has 1 aromatic rings. The van der Waals surface area contributed by atoms with Gasteiger partial charge in [-0.3, -0.25) is 9.59 Å². The molecule has 0 heterocycles. The second-order valence-electron chi connectivity index (χ2n) is 6.03. The SMILES string of the molecule is CC[C@H](C)OC(=O)[C@@H]1CC=CC[C@H]1C(=O)Nc1ccc(OC)cc1. The van der Waals surface area contributed by atoms with Crippen molar-refractivity contribution in [1.29, 1.82) is 0 Å². The molecule has 24 heavy (non-hydrogen) atoms. The Balaban J connectivity index is 2.04. The lowest BCUT2D eigenvalue weighted by Crippen LogP contribution is -2.36. The molecule has 130 valence electrons. The molecule has 0 bridgehead atoms. The lowest BCUT2D eigenvalue weighted by atomic mass is 9.82. The zero-order chi connectivity index (χ0) is 17.5. The van der Waals surface area contributed by atoms with Gasteiger partial charge in [0.25, 0.3) is 0 Å². The van der Waals surface area contributed by atoms with E-state index in [1.165, 1.54) is 0 Å². The Bertz CT molecular complexity index is 594. The smallest absolute Gasteiger partial charge is 0.310 e. The number of esters is 1. The molecular weight excluding hydrogens is 306 g/mol. The Morgan fingerprint density at radius 2 is 1.79 bits per heavy atom. The molecule has 1 N–H and O–H groups in total. The van der Waals surface area contributed by atoms with E-state index in [1.807, 2.05) is 26.0 Å². The number of anilines is 1. The number of hydrogen-bond acceptors (Lipinski definition) is 4. The van der Waals surface area contributed by atoms with Gasteiger partial charge in [-0.1, -0.05) is 19.1 Å². The Morgan fingerprint density at radius 1 is 1.17 bits per heavy atom. The van der Waals surface area contributed by atoms with Crippen molar-refractivity contribution >= 4 is 17.6 Å². The molecule has 3 atom stereocenters. The van der Waals surface area contributed by atoms with Crippen molar-refractivity contribution in [1.82, 2.24) is 0 Å². The van der Waals surface area contributed by atoms with Gasteiger partial charge in [-0.2, -0.15) is 0 Å². The molecule has 0 fully saturated rings. The highest BCUT2D eigenvalue weighted by Crippen LogP contribution is 2.29. The van der Waals surface area contributed by atoms with E-state index in [0.29, 0.717) is 18.5 Å². The van der Waals surface area contributed by atoms with Crippen molar-refractivity contribution in [2.75, 3.05) is 12.4 Å². The van der Waals surface area contributed by atoms with Gasteiger partial charge in [0.15, 0.2) is 0 Å². The van der Waals surface area contributed by atoms with E-state index >= 15 is 0 Å². The number of ether oxygens (including phenoxy) is 2. The molecule has 0 spiro atoms. The number of rotatable bonds is 6. The number of carbonyl (C=O) groups is 2. The third kappa shape index (κ3) is 4.60. The minimum atomic E-state index is -0.428. The summed E-state index contributed by atoms with van der Waals surface area (Å²) in [7, 11) is 1.59. The fourth-order valence-corrected chi connectivity index (χ4v) is 2.64. The van der Waals surface area contributed by atoms with Gasteiger partial charge in [0.1, 0.15) is 5.75 Å². The second-order valence-corrected chi connectivity index (χ2v) is 6.03. The van der Waals surface area contributed by atoms with E-state index in [9.17, 15) is 9.59 Å². The molecule has 0 unspecified atom stereocenters. The summed E-state index contributed by atoms with van der Waals surface area (Å²) in [6, 6.07) is 7.12. The van der Waals surface area contributed by atoms with Crippen LogP contribution in [0.1, 0.15) is 33.1 Å². The van der Waals surface area contributed by atoms with Crippen molar-refractivity contribution < 1.29 is 19.1 Å². The number of nitrogens with one attached hydrogen (secondary N) is 1. The third-order valence-electron chi connectivity index (χ3n) is 4.32. The molecule has 1 amide bonds. The van der Waals surface area contributed by atoms with Gasteiger partial charge in [0.2, 0.25) is 5.91 Å². The molecule has 2 rings (SSSR count). The van der Waals surface area contributed by atoms with Crippen molar-refractivity contribution in [2.45, 2.75) is 39.2 Å². The predicted molar refractivity (Wildman–Crippen MR) is 92.8 cm³/mol. The maximum absolute atomic E-state index is 12.6. The lowest BCUT2D eigenvalue weighted by molar-refractivity contribution is -0.157. The van der Waals surface area contributed by atoms with Crippen LogP contribution in [0.3, 0.4) is 0 Å². The van der Waals surface area contributed by atoms with E-state index in [1.54, 1.807) is 31.4 Å². The average Bonchev–Trinajstić information content (AvgIpc) is 2.62. The van der Waals surface area contributed by atoms with Crippen molar-refractivity contribution in [3.63, 3.8) is 0 Å². The van der Waals surface area contributed by atoms with Crippen LogP contribution < -0.4 is 10.1 Å². The van der Waals surface area contributed by atoms with Gasteiger partial charge >= 0.3 is 5.97 Å². The molecule has 0 aromatic heterocycles. The number of hydrogen-bond donors (Lipinski definition) is 1. The van der Waals surface area contributed by atoms with Gasteiger partial charge in [-0.15, -0.1) is 0 Å². The van der Waals surface area contributed by atoms with Crippen molar-refractivity contribution in [2.24, 2.45) is 11.8 Å². The second kappa shape index (κ2) is 8.52. The predicted octanol–water partition coefficient (Wildman–Crippen LogP) is 3.56. The molecule has 0 aliphatic heterocycles. The van der Waals surface area contributed by atoms with Crippen LogP contribution in [0.4, 0.5) is 5.69 Å². The largest absolute Gasteiger partial charge is 0.497 e. The van der Waals surface area contributed by atoms with Crippen molar-refractivity contribution in [3.8, 4) is 5.75 Å². The molecule has 5 heteroatoms. The molecule has 1 aliphatic carbocycles. The number of benzene rings is 1. The van der Waals surface area contributed by atoms with Gasteiger partial charge < -0.3 is 14.8 Å². The highest BCUT2D eigenvalue weighted by Gasteiger charge is 2.35. The topological polar surface area (TPSA) is 64.6 Å². The number of amides is 1. The highest BCUT2D eigenvalue weighted by atomic mass is 16.5. The fourth-order valence-electron chi connectivity index (χ4n) is 2.64. The highest BCUT2D eigenvalue weighted by molar-refractivity contribution is 5.95. The first-order chi connectivity index (χ1) is 11.5. The summed E-state index contributed by atoms with van der Waals surface area (Å²) in [5.74, 6) is -0.557. The minimum Gasteiger partial charge on any atom is -0.497 e. The zero-order valence-electron chi connectivity index (χ0n) is 14.5. The number of methoxy groups -OCH3 is 1. The lowest BCUT2D eigenvalue weighted by Gasteiger charge is -2.27. The summed E-state index contributed by atoms with van der Waals surface area (Å²) in [6.07, 6.45) is 5.61. The van der Waals surface area contributed by atoms with Gasteiger partial charge in [-0.25, -0.2) is 0 Å². The summed E-state index contributed by atoms with van der Waals surface area (Å²) in [6.45, 7) is 3.83. The fraction of sp³-hybridized carbons (Fsp3) is 0.474. The maximum Gasteiger partial charge on any atom is 0.310 e. The molecule has 0 radical (unpaired) electrons. The van der Waals surface area contributed by atoms with E-state index in [-0.39, 0.29) is 18.0 Å². The average molecular weight is 331 g/mol. The van der Waals surface area contributed by atoms with Crippen molar-refractivity contribution in [3.05, 3.63) is 36.4 Å². The summed E-state index contributed by atoms with van der Waals surface area (Å²) >= 11 is 0. The molecule has 1 aromatic carbocycles. The third-order valence-corrected chi connectivity index (χ3v) is 4.32. The zero-order valence-corrected chi connectivity index (χ0v) is 14.5. The van der Waals surface area contributed by atoms with E-state index < -0.39 is 11.8 Å². The number of allylic oxidation sites excluding steroid dienone is 2. The van der Waals surface area contributed by atoms with Crippen LogP contribution in [0.2, 0.25) is 0 Å². The minimum absolute atomic E-state index is 0.131. The Kier molecular flexibility index (Phi) is 6.41. The van der Waals surface area contributed by atoms with E-state index in [4.69, 9.17) is 9.47 Å². The first-order valence-corrected chi connectivity index (χ1v) is 8.35. The summed E-state index contributed by atoms with van der Waals surface area (Å²) in [5, 5.41) is 2.88. The van der Waals surface area contributed by atoms with Crippen LogP contribution in [-0.2, 0) is 14.3 Å². The summed E-state index contributed by atoms with van der Waals surface area (Å²) in [5.41, 5.74) is 0.685. The van der Waals surface area contributed by atoms with Gasteiger partial charge in [0.05, 0.1) is 25.0 Å². The molecule has 1 aliphatic rings. The monoisotopic (exact) mass is 331 g/mol. The first kappa shape index (κ1) is 18.0. The summed E-state index contributed by atoms with van der Waals surface area (Å²) < 4.78 is 10.5. The normalized spacial score (nSPS) is 21.0. The van der Waals surface area contributed by atoms with Crippen LogP contribution in [0.15, 0.2) is 36.4 Å². The quantitative estimate of drug-likeness (QED) is 0.639. The number of carbonyl (C=O) groups excluding carboxylic acids is 2. The first-order valence-electron chi connectivity index (χ1n) is 8.35. The molecular formula is C19H25NO4. The maximum atomic E-state index is 12.6.